The van der Waals surface area contributed by atoms with Crippen LogP contribution < -0.4 is 16.0 Å². The third-order valence-electron chi connectivity index (χ3n) is 2.33. The second-order valence-electron chi connectivity index (χ2n) is 4.11. The lowest BCUT2D eigenvalue weighted by Gasteiger charge is -2.07. The van der Waals surface area contributed by atoms with Gasteiger partial charge in [-0.3, -0.25) is 19.2 Å². The second kappa shape index (κ2) is 7.63. The molecule has 21 heavy (non-hydrogen) atoms. The molecule has 0 spiro atoms. The number of hydrogen-bond acceptors (Lipinski definition) is 4. The maximum atomic E-state index is 11.6. The predicted octanol–water partition coefficient (Wildman–Crippen LogP) is -0.424. The zero-order chi connectivity index (χ0) is 15.8. The van der Waals surface area contributed by atoms with Gasteiger partial charge >= 0.3 is 5.97 Å². The minimum atomic E-state index is -1.13. The van der Waals surface area contributed by atoms with Crippen LogP contribution in [0.5, 0.6) is 0 Å². The molecular weight excluding hydrogens is 278 g/mol. The molecule has 0 radical (unpaired) electrons. The third-order valence-corrected chi connectivity index (χ3v) is 2.33. The summed E-state index contributed by atoms with van der Waals surface area (Å²) in [4.78, 5) is 44.0. The average molecular weight is 293 g/mol. The van der Waals surface area contributed by atoms with Crippen molar-refractivity contribution in [2.45, 2.75) is 6.92 Å². The monoisotopic (exact) mass is 293 g/mol. The van der Waals surface area contributed by atoms with Gasteiger partial charge in [0.25, 0.3) is 5.91 Å². The highest BCUT2D eigenvalue weighted by atomic mass is 16.4. The summed E-state index contributed by atoms with van der Waals surface area (Å²) in [5, 5.41) is 15.6. The molecular formula is C13H15N3O5. The summed E-state index contributed by atoms with van der Waals surface area (Å²) in [7, 11) is 0. The van der Waals surface area contributed by atoms with E-state index in [-0.39, 0.29) is 18.0 Å². The fourth-order valence-electron chi connectivity index (χ4n) is 1.37. The van der Waals surface area contributed by atoms with Crippen LogP contribution in [0.15, 0.2) is 24.3 Å². The maximum Gasteiger partial charge on any atom is 0.322 e. The Kier molecular flexibility index (Phi) is 5.87. The van der Waals surface area contributed by atoms with Crippen molar-refractivity contribution in [2.24, 2.45) is 0 Å². The lowest BCUT2D eigenvalue weighted by molar-refractivity contribution is -0.135. The summed E-state index contributed by atoms with van der Waals surface area (Å²) in [6.07, 6.45) is 0. The third kappa shape index (κ3) is 6.19. The van der Waals surface area contributed by atoms with Gasteiger partial charge in [-0.25, -0.2) is 0 Å². The van der Waals surface area contributed by atoms with Crippen LogP contribution in [0.3, 0.4) is 0 Å². The normalized spacial score (nSPS) is 9.57. The largest absolute Gasteiger partial charge is 0.480 e. The molecule has 0 unspecified atom stereocenters. The Bertz CT molecular complexity index is 553. The van der Waals surface area contributed by atoms with Gasteiger partial charge in [-0.05, 0) is 24.3 Å². The van der Waals surface area contributed by atoms with E-state index in [1.54, 1.807) is 0 Å². The average Bonchev–Trinajstić information content (AvgIpc) is 2.43. The van der Waals surface area contributed by atoms with Gasteiger partial charge in [-0.1, -0.05) is 0 Å². The highest BCUT2D eigenvalue weighted by Gasteiger charge is 2.08. The first-order chi connectivity index (χ1) is 9.88. The van der Waals surface area contributed by atoms with E-state index < -0.39 is 24.3 Å². The molecule has 112 valence electrons. The first-order valence-electron chi connectivity index (χ1n) is 6.03. The number of aliphatic carboxylic acids is 1. The quantitative estimate of drug-likeness (QED) is 0.567. The fraction of sp³-hybridized carbons (Fsp3) is 0.231. The predicted molar refractivity (Wildman–Crippen MR) is 73.7 cm³/mol. The molecule has 0 fully saturated rings. The van der Waals surface area contributed by atoms with Gasteiger partial charge in [0.1, 0.15) is 6.54 Å². The lowest BCUT2D eigenvalue weighted by atomic mass is 10.2. The van der Waals surface area contributed by atoms with Crippen LogP contribution in [0.1, 0.15) is 17.3 Å². The number of hydrogen-bond donors (Lipinski definition) is 4. The molecule has 3 amide bonds. The van der Waals surface area contributed by atoms with Crippen LogP contribution in [0.2, 0.25) is 0 Å². The van der Waals surface area contributed by atoms with E-state index in [1.165, 1.54) is 31.2 Å². The molecule has 8 heteroatoms. The Morgan fingerprint density at radius 2 is 1.62 bits per heavy atom. The van der Waals surface area contributed by atoms with Crippen LogP contribution in [-0.4, -0.2) is 41.9 Å². The van der Waals surface area contributed by atoms with Crippen molar-refractivity contribution in [1.29, 1.82) is 0 Å². The number of nitrogens with one attached hydrogen (secondary N) is 3. The van der Waals surface area contributed by atoms with Crippen LogP contribution in [0.25, 0.3) is 0 Å². The first kappa shape index (κ1) is 16.2. The zero-order valence-electron chi connectivity index (χ0n) is 11.3. The molecule has 0 aromatic heterocycles. The van der Waals surface area contributed by atoms with Crippen molar-refractivity contribution in [2.75, 3.05) is 18.4 Å². The molecule has 4 N–H and O–H groups in total. The number of carbonyl (C=O) groups excluding carboxylic acids is 3. The highest BCUT2D eigenvalue weighted by molar-refractivity contribution is 5.97. The van der Waals surface area contributed by atoms with Crippen molar-refractivity contribution in [3.8, 4) is 0 Å². The number of benzene rings is 1. The Labute approximate surface area is 120 Å². The molecule has 8 nitrogen and oxygen atoms in total. The molecule has 0 bridgehead atoms. The van der Waals surface area contributed by atoms with Gasteiger partial charge in [-0.15, -0.1) is 0 Å². The van der Waals surface area contributed by atoms with Crippen molar-refractivity contribution < 1.29 is 24.3 Å². The highest BCUT2D eigenvalue weighted by Crippen LogP contribution is 2.09. The standard InChI is InChI=1S/C13H15N3O5/c1-8(17)14-6-11(18)16-10-4-2-9(3-5-10)13(21)15-7-12(19)20/h2-5H,6-7H2,1H3,(H,14,17)(H,15,21)(H,16,18)(H,19,20). The van der Waals surface area contributed by atoms with E-state index in [1.807, 2.05) is 0 Å². The summed E-state index contributed by atoms with van der Waals surface area (Å²) in [5.74, 6) is -2.36. The Morgan fingerprint density at radius 1 is 1.00 bits per heavy atom. The van der Waals surface area contributed by atoms with E-state index in [0.717, 1.165) is 0 Å². The summed E-state index contributed by atoms with van der Waals surface area (Å²) in [6.45, 7) is 0.696. The number of anilines is 1. The van der Waals surface area contributed by atoms with Crippen LogP contribution in [0, 0.1) is 0 Å². The van der Waals surface area contributed by atoms with Crippen molar-refractivity contribution >= 4 is 29.4 Å². The van der Waals surface area contributed by atoms with Crippen molar-refractivity contribution in [1.82, 2.24) is 10.6 Å². The Morgan fingerprint density at radius 3 is 2.14 bits per heavy atom. The number of carboxylic acid groups (broad SMARTS) is 1. The Balaban J connectivity index is 2.53. The van der Waals surface area contributed by atoms with Gasteiger partial charge in [-0.2, -0.15) is 0 Å². The van der Waals surface area contributed by atoms with Gasteiger partial charge in [0.2, 0.25) is 11.8 Å². The van der Waals surface area contributed by atoms with E-state index in [2.05, 4.69) is 16.0 Å². The molecule has 0 heterocycles. The fourth-order valence-corrected chi connectivity index (χ4v) is 1.37. The summed E-state index contributed by atoms with van der Waals surface area (Å²) < 4.78 is 0. The van der Waals surface area contributed by atoms with E-state index in [9.17, 15) is 19.2 Å². The van der Waals surface area contributed by atoms with Crippen LogP contribution >= 0.6 is 0 Å². The van der Waals surface area contributed by atoms with E-state index >= 15 is 0 Å². The topological polar surface area (TPSA) is 125 Å². The molecule has 0 atom stereocenters. The van der Waals surface area contributed by atoms with E-state index in [0.29, 0.717) is 5.69 Å². The molecule has 1 aromatic rings. The summed E-state index contributed by atoms with van der Waals surface area (Å²) in [5.41, 5.74) is 0.733. The second-order valence-corrected chi connectivity index (χ2v) is 4.11. The van der Waals surface area contributed by atoms with Crippen LogP contribution in [0.4, 0.5) is 5.69 Å². The zero-order valence-corrected chi connectivity index (χ0v) is 11.3. The van der Waals surface area contributed by atoms with Gasteiger partial charge < -0.3 is 21.1 Å². The maximum absolute atomic E-state index is 11.6. The molecule has 0 aliphatic heterocycles. The molecule has 0 saturated heterocycles. The van der Waals surface area contributed by atoms with Crippen molar-refractivity contribution in [3.63, 3.8) is 0 Å². The number of carboxylic acids is 1. The number of amides is 3. The van der Waals surface area contributed by atoms with Gasteiger partial charge in [0.05, 0.1) is 6.54 Å². The Hall–Kier alpha value is -2.90. The first-order valence-corrected chi connectivity index (χ1v) is 6.03. The number of carbonyl (C=O) groups is 4. The minimum Gasteiger partial charge on any atom is -0.480 e. The van der Waals surface area contributed by atoms with Gasteiger partial charge in [0, 0.05) is 18.2 Å². The SMILES string of the molecule is CC(=O)NCC(=O)Nc1ccc(C(=O)NCC(=O)O)cc1. The molecule has 1 rings (SSSR count). The summed E-state index contributed by atoms with van der Waals surface area (Å²) in [6, 6.07) is 5.90. The molecule has 0 aliphatic carbocycles. The van der Waals surface area contributed by atoms with Crippen LogP contribution in [-0.2, 0) is 14.4 Å². The lowest BCUT2D eigenvalue weighted by Crippen LogP contribution is -2.31. The van der Waals surface area contributed by atoms with Crippen molar-refractivity contribution in [3.05, 3.63) is 29.8 Å². The summed E-state index contributed by atoms with van der Waals surface area (Å²) >= 11 is 0. The number of rotatable bonds is 6. The van der Waals surface area contributed by atoms with E-state index in [4.69, 9.17) is 5.11 Å². The molecule has 0 saturated carbocycles. The van der Waals surface area contributed by atoms with Gasteiger partial charge in [0.15, 0.2) is 0 Å². The smallest absolute Gasteiger partial charge is 0.322 e. The minimum absolute atomic E-state index is 0.143. The molecule has 0 aliphatic rings. The molecule has 1 aromatic carbocycles.